The molecule has 0 N–H and O–H groups in total. The average molecular weight is 367 g/mol. The molecule has 0 bridgehead atoms. The second-order valence-corrected chi connectivity index (χ2v) is 6.50. The summed E-state index contributed by atoms with van der Waals surface area (Å²) >= 11 is 0. The number of imidazole rings is 1. The number of hydrogen-bond donors (Lipinski definition) is 0. The van der Waals surface area contributed by atoms with Crippen molar-refractivity contribution < 1.29 is 9.13 Å². The van der Waals surface area contributed by atoms with Gasteiger partial charge in [-0.05, 0) is 25.5 Å². The number of halogens is 1. The first-order valence-corrected chi connectivity index (χ1v) is 9.38. The molecule has 0 aliphatic rings. The van der Waals surface area contributed by atoms with Crippen molar-refractivity contribution in [1.29, 1.82) is 0 Å². The van der Waals surface area contributed by atoms with Gasteiger partial charge < -0.3 is 9.30 Å². The van der Waals surface area contributed by atoms with Crippen LogP contribution in [0.4, 0.5) is 4.39 Å². The van der Waals surface area contributed by atoms with E-state index in [1.54, 1.807) is 12.3 Å². The van der Waals surface area contributed by atoms with Crippen molar-refractivity contribution in [2.45, 2.75) is 33.0 Å². The summed E-state index contributed by atoms with van der Waals surface area (Å²) in [5.41, 5.74) is 1.84. The van der Waals surface area contributed by atoms with E-state index in [-0.39, 0.29) is 5.82 Å². The van der Waals surface area contributed by atoms with E-state index in [4.69, 9.17) is 4.74 Å². The van der Waals surface area contributed by atoms with Gasteiger partial charge in [0, 0.05) is 49.7 Å². The summed E-state index contributed by atoms with van der Waals surface area (Å²) in [6.45, 7) is 5.64. The second-order valence-electron chi connectivity index (χ2n) is 6.50. The molecule has 0 radical (unpaired) electrons. The Bertz CT molecular complexity index is 820. The van der Waals surface area contributed by atoms with E-state index in [1.807, 2.05) is 49.8 Å². The monoisotopic (exact) mass is 367 g/mol. The van der Waals surface area contributed by atoms with Crippen LogP contribution >= 0.6 is 0 Å². The molecule has 1 heterocycles. The Labute approximate surface area is 160 Å². The third-order valence-corrected chi connectivity index (χ3v) is 4.47. The number of nitrogens with zero attached hydrogens (tertiary/aromatic N) is 3. The Morgan fingerprint density at radius 1 is 1.04 bits per heavy atom. The zero-order chi connectivity index (χ0) is 18.9. The van der Waals surface area contributed by atoms with Crippen LogP contribution in [0.25, 0.3) is 0 Å². The Balaban J connectivity index is 1.71. The van der Waals surface area contributed by atoms with Crippen molar-refractivity contribution >= 4 is 0 Å². The minimum Gasteiger partial charge on any atom is -0.494 e. The van der Waals surface area contributed by atoms with Gasteiger partial charge in [0.15, 0.2) is 0 Å². The third kappa shape index (κ3) is 5.66. The molecular formula is C22H26FN3O. The van der Waals surface area contributed by atoms with E-state index < -0.39 is 0 Å². The molecule has 0 aliphatic carbocycles. The zero-order valence-electron chi connectivity index (χ0n) is 15.7. The van der Waals surface area contributed by atoms with Gasteiger partial charge in [0.2, 0.25) is 0 Å². The minimum atomic E-state index is -0.157. The topological polar surface area (TPSA) is 30.3 Å². The first-order valence-electron chi connectivity index (χ1n) is 9.38. The van der Waals surface area contributed by atoms with Crippen LogP contribution in [0.15, 0.2) is 67.3 Å². The molecule has 0 amide bonds. The van der Waals surface area contributed by atoms with E-state index in [0.29, 0.717) is 25.3 Å². The number of aromatic nitrogens is 2. The number of rotatable bonds is 10. The number of aryl methyl sites for hydroxylation is 1. The average Bonchev–Trinajstić information content (AvgIpc) is 3.19. The van der Waals surface area contributed by atoms with Gasteiger partial charge in [0.1, 0.15) is 11.6 Å². The summed E-state index contributed by atoms with van der Waals surface area (Å²) in [4.78, 5) is 6.35. The third-order valence-electron chi connectivity index (χ3n) is 4.47. The first kappa shape index (κ1) is 19.1. The van der Waals surface area contributed by atoms with Crippen LogP contribution in [-0.2, 0) is 19.6 Å². The number of ether oxygens (including phenoxy) is 1. The molecule has 5 heteroatoms. The maximum atomic E-state index is 14.2. The van der Waals surface area contributed by atoms with Crippen LogP contribution in [0.2, 0.25) is 0 Å². The molecule has 0 spiro atoms. The number of para-hydroxylation sites is 1. The molecular weight excluding hydrogens is 341 g/mol. The molecule has 3 rings (SSSR count). The van der Waals surface area contributed by atoms with Crippen LogP contribution in [0.3, 0.4) is 0 Å². The summed E-state index contributed by atoms with van der Waals surface area (Å²) in [6.07, 6.45) is 6.54. The molecule has 4 nitrogen and oxygen atoms in total. The van der Waals surface area contributed by atoms with Gasteiger partial charge in [-0.15, -0.1) is 0 Å². The van der Waals surface area contributed by atoms with Gasteiger partial charge in [-0.2, -0.15) is 0 Å². The fourth-order valence-electron chi connectivity index (χ4n) is 3.15. The van der Waals surface area contributed by atoms with Gasteiger partial charge in [-0.25, -0.2) is 9.37 Å². The summed E-state index contributed by atoms with van der Waals surface area (Å²) in [5, 5.41) is 0. The van der Waals surface area contributed by atoms with Gasteiger partial charge in [0.05, 0.1) is 12.9 Å². The highest BCUT2D eigenvalue weighted by Crippen LogP contribution is 2.21. The van der Waals surface area contributed by atoms with E-state index in [9.17, 15) is 4.39 Å². The molecule has 0 aliphatic heterocycles. The quantitative estimate of drug-likeness (QED) is 0.528. The summed E-state index contributed by atoms with van der Waals surface area (Å²) in [7, 11) is 0. The molecule has 142 valence electrons. The lowest BCUT2D eigenvalue weighted by Gasteiger charge is -2.24. The van der Waals surface area contributed by atoms with Crippen molar-refractivity contribution in [2.75, 3.05) is 13.2 Å². The Kier molecular flexibility index (Phi) is 6.99. The van der Waals surface area contributed by atoms with E-state index in [0.717, 1.165) is 30.8 Å². The molecule has 27 heavy (non-hydrogen) atoms. The molecule has 0 atom stereocenters. The molecule has 1 aromatic heterocycles. The van der Waals surface area contributed by atoms with Gasteiger partial charge in [0.25, 0.3) is 0 Å². The van der Waals surface area contributed by atoms with Crippen LogP contribution in [0.5, 0.6) is 5.75 Å². The number of hydrogen-bond acceptors (Lipinski definition) is 3. The van der Waals surface area contributed by atoms with E-state index in [2.05, 4.69) is 20.5 Å². The zero-order valence-corrected chi connectivity index (χ0v) is 15.7. The fraction of sp³-hybridized carbons (Fsp3) is 0.318. The van der Waals surface area contributed by atoms with Gasteiger partial charge in [-0.1, -0.05) is 36.4 Å². The Hall–Kier alpha value is -2.66. The van der Waals surface area contributed by atoms with Crippen LogP contribution in [0.1, 0.15) is 24.5 Å². The number of benzene rings is 2. The minimum absolute atomic E-state index is 0.157. The normalized spacial score (nSPS) is 11.1. The highest BCUT2D eigenvalue weighted by Gasteiger charge is 2.12. The van der Waals surface area contributed by atoms with Gasteiger partial charge >= 0.3 is 0 Å². The Morgan fingerprint density at radius 2 is 1.78 bits per heavy atom. The van der Waals surface area contributed by atoms with Crippen LogP contribution in [0, 0.1) is 5.82 Å². The van der Waals surface area contributed by atoms with Crippen LogP contribution in [-0.4, -0.2) is 27.6 Å². The Morgan fingerprint density at radius 3 is 2.52 bits per heavy atom. The van der Waals surface area contributed by atoms with Crippen molar-refractivity contribution in [2.24, 2.45) is 0 Å². The van der Waals surface area contributed by atoms with Crippen molar-refractivity contribution in [3.05, 3.63) is 84.2 Å². The summed E-state index contributed by atoms with van der Waals surface area (Å²) in [6, 6.07) is 15.1. The molecule has 3 aromatic rings. The summed E-state index contributed by atoms with van der Waals surface area (Å²) in [5.74, 6) is 0.739. The predicted molar refractivity (Wildman–Crippen MR) is 105 cm³/mol. The van der Waals surface area contributed by atoms with Crippen molar-refractivity contribution in [3.8, 4) is 5.75 Å². The van der Waals surface area contributed by atoms with E-state index in [1.165, 1.54) is 6.07 Å². The van der Waals surface area contributed by atoms with Gasteiger partial charge in [-0.3, -0.25) is 4.90 Å². The van der Waals surface area contributed by atoms with Crippen molar-refractivity contribution in [1.82, 2.24) is 14.5 Å². The molecule has 2 aromatic carbocycles. The lowest BCUT2D eigenvalue weighted by Crippen LogP contribution is -2.25. The maximum Gasteiger partial charge on any atom is 0.127 e. The fourth-order valence-corrected chi connectivity index (χ4v) is 3.15. The second kappa shape index (κ2) is 9.88. The molecule has 0 saturated carbocycles. The molecule has 0 fully saturated rings. The highest BCUT2D eigenvalue weighted by molar-refractivity contribution is 5.33. The molecule has 0 unspecified atom stereocenters. The van der Waals surface area contributed by atoms with Crippen molar-refractivity contribution in [3.63, 3.8) is 0 Å². The standard InChI is InChI=1S/C22H26FN3O/c1-2-27-22-11-6-4-9-20(22)17-26(14-7-13-25-15-12-24-18-25)16-19-8-3-5-10-21(19)23/h3-6,8-12,15,18H,2,7,13-14,16-17H2,1H3. The molecule has 0 saturated heterocycles. The smallest absolute Gasteiger partial charge is 0.127 e. The highest BCUT2D eigenvalue weighted by atomic mass is 19.1. The maximum absolute atomic E-state index is 14.2. The predicted octanol–water partition coefficient (Wildman–Crippen LogP) is 4.51. The largest absolute Gasteiger partial charge is 0.494 e. The SMILES string of the molecule is CCOc1ccccc1CN(CCCn1ccnc1)Cc1ccccc1F. The van der Waals surface area contributed by atoms with E-state index >= 15 is 0 Å². The first-order chi connectivity index (χ1) is 13.3. The summed E-state index contributed by atoms with van der Waals surface area (Å²) < 4.78 is 22.0. The lowest BCUT2D eigenvalue weighted by molar-refractivity contribution is 0.239. The lowest BCUT2D eigenvalue weighted by atomic mass is 10.1. The van der Waals surface area contributed by atoms with Crippen LogP contribution < -0.4 is 4.74 Å².